The number of anilines is 1. The van der Waals surface area contributed by atoms with Gasteiger partial charge in [0.05, 0.1) is 31.1 Å². The van der Waals surface area contributed by atoms with Crippen molar-refractivity contribution in [1.82, 2.24) is 4.31 Å². The van der Waals surface area contributed by atoms with Crippen LogP contribution in [0.15, 0.2) is 18.2 Å². The van der Waals surface area contributed by atoms with Gasteiger partial charge in [0.15, 0.2) is 0 Å². The molecule has 1 atom stereocenters. The van der Waals surface area contributed by atoms with Crippen molar-refractivity contribution in [2.75, 3.05) is 32.6 Å². The third-order valence-electron chi connectivity index (χ3n) is 6.75. The smallest absolute Gasteiger partial charge is 0.229 e. The van der Waals surface area contributed by atoms with E-state index in [1.54, 1.807) is 36.7 Å². The highest BCUT2D eigenvalue weighted by atomic mass is 32.2. The summed E-state index contributed by atoms with van der Waals surface area (Å²) in [6.45, 7) is 0.757. The first-order chi connectivity index (χ1) is 13.9. The summed E-state index contributed by atoms with van der Waals surface area (Å²) in [7, 11) is -0.165. The number of nitrogens with one attached hydrogen (secondary N) is 1. The molecular weight excluding hydrogens is 392 g/mol. The molecule has 29 heavy (non-hydrogen) atoms. The van der Waals surface area contributed by atoms with Crippen molar-refractivity contribution < 1.29 is 22.7 Å². The number of nitrogens with zero attached hydrogens (tertiary/aromatic N) is 1. The molecule has 1 aliphatic heterocycles. The summed E-state index contributed by atoms with van der Waals surface area (Å²) in [5.41, 5.74) is 0.317. The Balaban J connectivity index is 1.58. The summed E-state index contributed by atoms with van der Waals surface area (Å²) in [6.07, 6.45) is 6.54. The molecule has 1 spiro atoms. The molecule has 0 radical (unpaired) electrons. The van der Waals surface area contributed by atoms with Gasteiger partial charge in [-0.05, 0) is 43.2 Å². The van der Waals surface area contributed by atoms with E-state index < -0.39 is 10.0 Å². The Morgan fingerprint density at radius 2 is 1.86 bits per heavy atom. The first kappa shape index (κ1) is 20.5. The average molecular weight is 423 g/mol. The maximum atomic E-state index is 13.3. The first-order valence-electron chi connectivity index (χ1n) is 10.4. The summed E-state index contributed by atoms with van der Waals surface area (Å²) in [6, 6.07) is 5.26. The highest BCUT2D eigenvalue weighted by Gasteiger charge is 2.55. The van der Waals surface area contributed by atoms with Crippen LogP contribution < -0.4 is 14.8 Å². The fourth-order valence-electron chi connectivity index (χ4n) is 4.94. The molecule has 160 valence electrons. The second-order valence-electron chi connectivity index (χ2n) is 8.57. The van der Waals surface area contributed by atoms with Crippen LogP contribution in [0.25, 0.3) is 0 Å². The number of rotatable bonds is 6. The largest absolute Gasteiger partial charge is 0.497 e. The van der Waals surface area contributed by atoms with Gasteiger partial charge in [-0.1, -0.05) is 19.3 Å². The Kier molecular flexibility index (Phi) is 5.50. The third kappa shape index (κ3) is 3.84. The molecular formula is C21H30N2O5S. The Hall–Kier alpha value is -1.80. The number of carbonyl (C=O) groups excluding carboxylic acids is 1. The van der Waals surface area contributed by atoms with Gasteiger partial charge in [0.25, 0.3) is 0 Å². The second kappa shape index (κ2) is 7.80. The van der Waals surface area contributed by atoms with E-state index in [9.17, 15) is 13.2 Å². The van der Waals surface area contributed by atoms with E-state index in [-0.39, 0.29) is 29.0 Å². The Bertz CT molecular complexity index is 875. The van der Waals surface area contributed by atoms with Crippen LogP contribution in [0.2, 0.25) is 0 Å². The van der Waals surface area contributed by atoms with Crippen LogP contribution in [0.3, 0.4) is 0 Å². The second-order valence-corrected chi connectivity index (χ2v) is 10.8. The molecule has 2 aliphatic carbocycles. The summed E-state index contributed by atoms with van der Waals surface area (Å²) in [5, 5.41) is 2.76. The summed E-state index contributed by atoms with van der Waals surface area (Å²) < 4.78 is 38.0. The number of sulfonamides is 1. The van der Waals surface area contributed by atoms with Gasteiger partial charge in [-0.2, -0.15) is 0 Å². The van der Waals surface area contributed by atoms with Crippen LogP contribution in [0.4, 0.5) is 5.69 Å². The zero-order valence-corrected chi connectivity index (χ0v) is 18.0. The van der Waals surface area contributed by atoms with E-state index in [4.69, 9.17) is 9.47 Å². The van der Waals surface area contributed by atoms with E-state index in [2.05, 4.69) is 5.32 Å². The maximum Gasteiger partial charge on any atom is 0.229 e. The Labute approximate surface area is 172 Å². The summed E-state index contributed by atoms with van der Waals surface area (Å²) >= 11 is 0. The number of amides is 1. The van der Waals surface area contributed by atoms with Gasteiger partial charge in [0.1, 0.15) is 11.5 Å². The Morgan fingerprint density at radius 3 is 2.48 bits per heavy atom. The molecule has 7 nitrogen and oxygen atoms in total. The number of carbonyl (C=O) groups is 1. The molecule has 0 aromatic heterocycles. The van der Waals surface area contributed by atoms with Gasteiger partial charge in [-0.3, -0.25) is 4.79 Å². The molecule has 8 heteroatoms. The minimum atomic E-state index is -3.29. The molecule has 0 bridgehead atoms. The van der Waals surface area contributed by atoms with Crippen LogP contribution in [-0.2, 0) is 14.8 Å². The van der Waals surface area contributed by atoms with E-state index in [0.29, 0.717) is 23.7 Å². The average Bonchev–Trinajstić information content (AvgIpc) is 3.52. The van der Waals surface area contributed by atoms with Crippen molar-refractivity contribution in [1.29, 1.82) is 0 Å². The molecule has 1 aromatic carbocycles. The molecule has 1 heterocycles. The lowest BCUT2D eigenvalue weighted by Crippen LogP contribution is -2.39. The zero-order valence-electron chi connectivity index (χ0n) is 17.1. The minimum Gasteiger partial charge on any atom is -0.497 e. The molecule has 0 unspecified atom stereocenters. The number of hydrogen-bond donors (Lipinski definition) is 1. The molecule has 4 rings (SSSR count). The monoisotopic (exact) mass is 422 g/mol. The molecule has 1 N–H and O–H groups in total. The summed E-state index contributed by atoms with van der Waals surface area (Å²) in [4.78, 5) is 13.3. The van der Waals surface area contributed by atoms with Gasteiger partial charge in [-0.25, -0.2) is 12.7 Å². The van der Waals surface area contributed by atoms with Gasteiger partial charge in [0, 0.05) is 19.2 Å². The molecule has 3 aliphatic rings. The van der Waals surface area contributed by atoms with E-state index >= 15 is 0 Å². The summed E-state index contributed by atoms with van der Waals surface area (Å²) in [5.74, 6) is 0.703. The van der Waals surface area contributed by atoms with Gasteiger partial charge in [-0.15, -0.1) is 0 Å². The van der Waals surface area contributed by atoms with Crippen molar-refractivity contribution in [3.8, 4) is 11.5 Å². The van der Waals surface area contributed by atoms with E-state index in [1.807, 2.05) is 0 Å². The predicted octanol–water partition coefficient (Wildman–Crippen LogP) is 3.02. The molecule has 1 aromatic rings. The topological polar surface area (TPSA) is 84.9 Å². The van der Waals surface area contributed by atoms with Gasteiger partial charge >= 0.3 is 0 Å². The Morgan fingerprint density at radius 1 is 1.14 bits per heavy atom. The highest BCUT2D eigenvalue weighted by Crippen LogP contribution is 2.50. The van der Waals surface area contributed by atoms with Crippen molar-refractivity contribution >= 4 is 21.6 Å². The van der Waals surface area contributed by atoms with Crippen LogP contribution in [0.1, 0.15) is 44.9 Å². The first-order valence-corrected chi connectivity index (χ1v) is 11.9. The number of ether oxygens (including phenoxy) is 2. The van der Waals surface area contributed by atoms with E-state index in [1.165, 1.54) is 0 Å². The van der Waals surface area contributed by atoms with Crippen molar-refractivity contribution in [2.24, 2.45) is 11.3 Å². The van der Waals surface area contributed by atoms with Crippen LogP contribution in [0.5, 0.6) is 11.5 Å². The van der Waals surface area contributed by atoms with Crippen molar-refractivity contribution in [3.05, 3.63) is 18.2 Å². The third-order valence-corrected chi connectivity index (χ3v) is 9.07. The van der Waals surface area contributed by atoms with Crippen LogP contribution in [0, 0.1) is 11.3 Å². The lowest BCUT2D eigenvalue weighted by Gasteiger charge is -2.37. The van der Waals surface area contributed by atoms with Gasteiger partial charge in [0.2, 0.25) is 15.9 Å². The number of methoxy groups -OCH3 is 2. The number of benzene rings is 1. The highest BCUT2D eigenvalue weighted by molar-refractivity contribution is 7.90. The lowest BCUT2D eigenvalue weighted by molar-refractivity contribution is -0.123. The van der Waals surface area contributed by atoms with Gasteiger partial charge < -0.3 is 14.8 Å². The normalized spacial score (nSPS) is 24.4. The zero-order chi connectivity index (χ0) is 20.6. The van der Waals surface area contributed by atoms with Crippen molar-refractivity contribution in [2.45, 2.75) is 50.2 Å². The maximum absolute atomic E-state index is 13.3. The molecule has 1 amide bonds. The molecule has 1 saturated heterocycles. The predicted molar refractivity (Wildman–Crippen MR) is 111 cm³/mol. The fraction of sp³-hybridized carbons (Fsp3) is 0.667. The minimum absolute atomic E-state index is 0.121. The quantitative estimate of drug-likeness (QED) is 0.762. The van der Waals surface area contributed by atoms with Crippen molar-refractivity contribution in [3.63, 3.8) is 0 Å². The van der Waals surface area contributed by atoms with E-state index in [0.717, 1.165) is 44.9 Å². The fourth-order valence-corrected chi connectivity index (χ4v) is 6.89. The lowest BCUT2D eigenvalue weighted by atomic mass is 9.67. The van der Waals surface area contributed by atoms with Crippen LogP contribution >= 0.6 is 0 Å². The molecule has 3 fully saturated rings. The number of hydrogen-bond acceptors (Lipinski definition) is 5. The SMILES string of the molecule is COc1ccc(NC(=O)[C@@H]2CN(S(=O)(=O)C3CC3)CC23CCCCC3)c(OC)c1. The molecule has 2 saturated carbocycles. The standard InChI is InChI=1S/C21H30N2O5S/c1-27-15-6-9-18(19(12-15)28-2)22-20(24)17-13-23(29(25,26)16-7-8-16)14-21(17)10-4-3-5-11-21/h6,9,12,16-17H,3-5,7-8,10-11,13-14H2,1-2H3,(H,22,24)/t17-/m0/s1. The van der Waals surface area contributed by atoms with Crippen LogP contribution in [-0.4, -0.2) is 51.2 Å².